The topological polar surface area (TPSA) is 102 Å². The molecule has 0 saturated heterocycles. The third-order valence-corrected chi connectivity index (χ3v) is 7.56. The van der Waals surface area contributed by atoms with Crippen LogP contribution in [0.5, 0.6) is 0 Å². The minimum absolute atomic E-state index is 0.204. The number of carbonyl (C=O) groups excluding carboxylic acids is 3. The summed E-state index contributed by atoms with van der Waals surface area (Å²) in [4.78, 5) is 43.8. The standard InChI is InChI=1S/C32H22N4O3S/c1-19(31(39)33-22-16-17-25-26(18-22)30(38)24-15-9-8-14-23(24)29(25)37)40-32-34-27(20-10-4-2-5-11-20)28(35-36-32)21-12-6-3-7-13-21/h2-19H,1H3,(H,33,39)/t19-/m0/s1. The molecule has 0 bridgehead atoms. The Kier molecular flexibility index (Phi) is 6.76. The van der Waals surface area contributed by atoms with Crippen molar-refractivity contribution in [2.24, 2.45) is 0 Å². The lowest BCUT2D eigenvalue weighted by molar-refractivity contribution is -0.115. The van der Waals surface area contributed by atoms with Crippen LogP contribution in [0, 0.1) is 0 Å². The molecular formula is C32H22N4O3S. The zero-order valence-electron chi connectivity index (χ0n) is 21.4. The summed E-state index contributed by atoms with van der Waals surface area (Å²) in [7, 11) is 0. The molecule has 0 spiro atoms. The number of rotatable bonds is 6. The Balaban J connectivity index is 1.23. The van der Waals surface area contributed by atoms with Crippen molar-refractivity contribution in [3.8, 4) is 22.5 Å². The number of thioether (sulfide) groups is 1. The van der Waals surface area contributed by atoms with Gasteiger partial charge in [0, 0.05) is 39.1 Å². The highest BCUT2D eigenvalue weighted by atomic mass is 32.2. The minimum Gasteiger partial charge on any atom is -0.325 e. The highest BCUT2D eigenvalue weighted by Crippen LogP contribution is 2.32. The van der Waals surface area contributed by atoms with E-state index >= 15 is 0 Å². The number of anilines is 1. The Bertz CT molecular complexity index is 1770. The van der Waals surface area contributed by atoms with Crippen LogP contribution in [0.4, 0.5) is 5.69 Å². The Morgan fingerprint density at radius 2 is 1.23 bits per heavy atom. The Morgan fingerprint density at radius 1 is 0.675 bits per heavy atom. The first-order chi connectivity index (χ1) is 19.5. The predicted octanol–water partition coefficient (Wildman–Crippen LogP) is 6.10. The van der Waals surface area contributed by atoms with Crippen LogP contribution in [0.15, 0.2) is 108 Å². The van der Waals surface area contributed by atoms with Crippen LogP contribution >= 0.6 is 11.8 Å². The maximum absolute atomic E-state index is 13.1. The Labute approximate surface area is 234 Å². The molecule has 1 aliphatic rings. The van der Waals surface area contributed by atoms with Gasteiger partial charge in [0.05, 0.1) is 5.25 Å². The van der Waals surface area contributed by atoms with Crippen molar-refractivity contribution < 1.29 is 14.4 Å². The van der Waals surface area contributed by atoms with E-state index in [1.807, 2.05) is 60.7 Å². The van der Waals surface area contributed by atoms with Crippen LogP contribution in [0.25, 0.3) is 22.5 Å². The summed E-state index contributed by atoms with van der Waals surface area (Å²) in [6, 6.07) is 31.0. The zero-order chi connectivity index (χ0) is 27.6. The number of amides is 1. The SMILES string of the molecule is C[C@H](Sc1nnc(-c2ccccc2)c(-c2ccccc2)n1)C(=O)Nc1ccc2c(c1)C(=O)c1ccccc1C2=O. The zero-order valence-corrected chi connectivity index (χ0v) is 22.2. The molecule has 1 heterocycles. The van der Waals surface area contributed by atoms with Crippen LogP contribution in [0.1, 0.15) is 38.8 Å². The van der Waals surface area contributed by atoms with Gasteiger partial charge in [0.1, 0.15) is 11.4 Å². The van der Waals surface area contributed by atoms with Crippen molar-refractivity contribution in [3.05, 3.63) is 125 Å². The number of ketones is 2. The third-order valence-electron chi connectivity index (χ3n) is 6.61. The summed E-state index contributed by atoms with van der Waals surface area (Å²) in [5.41, 5.74) is 4.91. The van der Waals surface area contributed by atoms with E-state index in [9.17, 15) is 14.4 Å². The van der Waals surface area contributed by atoms with E-state index in [-0.39, 0.29) is 23.0 Å². The summed E-state index contributed by atoms with van der Waals surface area (Å²) in [5.74, 6) is -0.739. The normalized spacial score (nSPS) is 12.8. The molecule has 5 aromatic rings. The van der Waals surface area contributed by atoms with Crippen molar-refractivity contribution in [1.29, 1.82) is 0 Å². The molecule has 1 aliphatic carbocycles. The average molecular weight is 543 g/mol. The fraction of sp³-hybridized carbons (Fsp3) is 0.0625. The fourth-order valence-corrected chi connectivity index (χ4v) is 5.30. The van der Waals surface area contributed by atoms with Gasteiger partial charge in [0.25, 0.3) is 0 Å². The lowest BCUT2D eigenvalue weighted by Gasteiger charge is -2.18. The monoisotopic (exact) mass is 542 g/mol. The molecule has 1 amide bonds. The second kappa shape index (κ2) is 10.7. The first-order valence-electron chi connectivity index (χ1n) is 12.6. The molecule has 1 atom stereocenters. The predicted molar refractivity (Wildman–Crippen MR) is 154 cm³/mol. The van der Waals surface area contributed by atoms with E-state index in [1.165, 1.54) is 11.8 Å². The maximum atomic E-state index is 13.1. The van der Waals surface area contributed by atoms with E-state index < -0.39 is 5.25 Å². The van der Waals surface area contributed by atoms with Gasteiger partial charge in [-0.15, -0.1) is 10.2 Å². The number of hydrogen-bond donors (Lipinski definition) is 1. The first kappa shape index (κ1) is 25.3. The molecule has 1 N–H and O–H groups in total. The maximum Gasteiger partial charge on any atom is 0.237 e. The van der Waals surface area contributed by atoms with Gasteiger partial charge >= 0.3 is 0 Å². The second-order valence-corrected chi connectivity index (χ2v) is 10.5. The van der Waals surface area contributed by atoms with Crippen molar-refractivity contribution in [1.82, 2.24) is 15.2 Å². The van der Waals surface area contributed by atoms with Gasteiger partial charge in [0.2, 0.25) is 11.1 Å². The molecule has 6 rings (SSSR count). The molecule has 194 valence electrons. The average Bonchev–Trinajstić information content (AvgIpc) is 3.00. The minimum atomic E-state index is -0.568. The molecule has 0 fully saturated rings. The van der Waals surface area contributed by atoms with Crippen molar-refractivity contribution in [3.63, 3.8) is 0 Å². The van der Waals surface area contributed by atoms with Crippen LogP contribution in [-0.4, -0.2) is 37.9 Å². The largest absolute Gasteiger partial charge is 0.325 e. The summed E-state index contributed by atoms with van der Waals surface area (Å²) >= 11 is 1.19. The van der Waals surface area contributed by atoms with E-state index in [1.54, 1.807) is 49.4 Å². The van der Waals surface area contributed by atoms with Crippen LogP contribution in [0.3, 0.4) is 0 Å². The van der Waals surface area contributed by atoms with Crippen LogP contribution < -0.4 is 5.32 Å². The summed E-state index contributed by atoms with van der Waals surface area (Å²) in [6.07, 6.45) is 0. The molecule has 0 saturated carbocycles. The lowest BCUT2D eigenvalue weighted by atomic mass is 9.84. The smallest absolute Gasteiger partial charge is 0.237 e. The summed E-state index contributed by atoms with van der Waals surface area (Å²) in [6.45, 7) is 1.75. The fourth-order valence-electron chi connectivity index (χ4n) is 4.58. The van der Waals surface area contributed by atoms with Crippen molar-refractivity contribution >= 4 is 34.9 Å². The van der Waals surface area contributed by atoms with Crippen molar-refractivity contribution in [2.75, 3.05) is 5.32 Å². The van der Waals surface area contributed by atoms with Gasteiger partial charge in [-0.05, 0) is 25.1 Å². The molecular weight excluding hydrogens is 520 g/mol. The molecule has 40 heavy (non-hydrogen) atoms. The quantitative estimate of drug-likeness (QED) is 0.254. The highest BCUT2D eigenvalue weighted by molar-refractivity contribution is 8.00. The van der Waals surface area contributed by atoms with E-state index in [0.717, 1.165) is 11.1 Å². The number of carbonyl (C=O) groups is 3. The Hall–Kier alpha value is -4.95. The van der Waals surface area contributed by atoms with Gasteiger partial charge in [-0.1, -0.05) is 96.7 Å². The van der Waals surface area contributed by atoms with E-state index in [4.69, 9.17) is 4.98 Å². The number of nitrogens with one attached hydrogen (secondary N) is 1. The molecule has 7 nitrogen and oxygen atoms in total. The number of benzene rings is 4. The third kappa shape index (κ3) is 4.81. The highest BCUT2D eigenvalue weighted by Gasteiger charge is 2.29. The van der Waals surface area contributed by atoms with Crippen LogP contribution in [-0.2, 0) is 4.79 Å². The van der Waals surface area contributed by atoms with Gasteiger partial charge in [-0.2, -0.15) is 0 Å². The first-order valence-corrected chi connectivity index (χ1v) is 13.5. The second-order valence-electron chi connectivity index (χ2n) is 9.24. The molecule has 0 radical (unpaired) electrons. The van der Waals surface area contributed by atoms with Gasteiger partial charge in [-0.25, -0.2) is 4.98 Å². The van der Waals surface area contributed by atoms with Gasteiger partial charge in [0.15, 0.2) is 11.6 Å². The van der Waals surface area contributed by atoms with Gasteiger partial charge < -0.3 is 5.32 Å². The molecule has 0 aliphatic heterocycles. The number of aromatic nitrogens is 3. The Morgan fingerprint density at radius 3 is 1.88 bits per heavy atom. The van der Waals surface area contributed by atoms with Crippen LogP contribution in [0.2, 0.25) is 0 Å². The molecule has 0 unspecified atom stereocenters. The number of nitrogens with zero attached hydrogens (tertiary/aromatic N) is 3. The van der Waals surface area contributed by atoms with Gasteiger partial charge in [-0.3, -0.25) is 14.4 Å². The molecule has 8 heteroatoms. The van der Waals surface area contributed by atoms with E-state index in [0.29, 0.717) is 38.9 Å². The van der Waals surface area contributed by atoms with E-state index in [2.05, 4.69) is 15.5 Å². The lowest BCUT2D eigenvalue weighted by Crippen LogP contribution is -2.24. The van der Waals surface area contributed by atoms with Crippen molar-refractivity contribution in [2.45, 2.75) is 17.3 Å². The number of hydrogen-bond acceptors (Lipinski definition) is 7. The number of fused-ring (bicyclic) bond motifs is 2. The molecule has 1 aromatic heterocycles. The molecule has 4 aromatic carbocycles. The summed E-state index contributed by atoms with van der Waals surface area (Å²) < 4.78 is 0. The summed E-state index contributed by atoms with van der Waals surface area (Å²) in [5, 5.41) is 11.4.